The third-order valence-corrected chi connectivity index (χ3v) is 1.24. The Hall–Kier alpha value is -1.79. The van der Waals surface area contributed by atoms with E-state index in [9.17, 15) is 18.0 Å². The summed E-state index contributed by atoms with van der Waals surface area (Å²) in [4.78, 5) is 13.8. The average molecular weight is 206 g/mol. The lowest BCUT2D eigenvalue weighted by molar-refractivity contribution is -0.167. The van der Waals surface area contributed by atoms with Gasteiger partial charge in [-0.2, -0.15) is 13.2 Å². The molecule has 0 spiro atoms. The van der Waals surface area contributed by atoms with Gasteiger partial charge in [-0.3, -0.25) is 9.78 Å². The highest BCUT2D eigenvalue weighted by Gasteiger charge is 2.38. The second-order valence-corrected chi connectivity index (χ2v) is 2.38. The average Bonchev–Trinajstić information content (AvgIpc) is 2.02. The van der Waals surface area contributed by atoms with Crippen LogP contribution in [-0.4, -0.2) is 22.2 Å². The quantitative estimate of drug-likeness (QED) is 0.727. The van der Waals surface area contributed by atoms with Gasteiger partial charge in [0.1, 0.15) is 5.75 Å². The van der Waals surface area contributed by atoms with E-state index < -0.39 is 12.1 Å². The Morgan fingerprint density at radius 1 is 1.43 bits per heavy atom. The van der Waals surface area contributed by atoms with Crippen LogP contribution in [0.5, 0.6) is 5.75 Å². The van der Waals surface area contributed by atoms with Gasteiger partial charge in [0, 0.05) is 6.07 Å². The van der Waals surface area contributed by atoms with Gasteiger partial charge in [-0.1, -0.05) is 0 Å². The summed E-state index contributed by atoms with van der Waals surface area (Å²) < 4.78 is 35.2. The van der Waals surface area contributed by atoms with E-state index in [-0.39, 0.29) is 11.4 Å². The molecular weight excluding hydrogens is 201 g/mol. The number of rotatable bonds is 1. The lowest BCUT2D eigenvalue weighted by atomic mass is 10.4. The summed E-state index contributed by atoms with van der Waals surface area (Å²) in [5, 5.41) is 10.4. The van der Waals surface area contributed by atoms with Crippen LogP contribution in [-0.2, 0) is 4.79 Å². The molecule has 0 atom stereocenters. The number of pyridine rings is 1. The zero-order chi connectivity index (χ0) is 10.8. The Balaban J connectivity index is 2.75. The molecule has 0 aliphatic rings. The van der Waals surface area contributed by atoms with Crippen LogP contribution >= 0.6 is 0 Å². The van der Waals surface area contributed by atoms with E-state index in [0.717, 1.165) is 18.5 Å². The van der Waals surface area contributed by atoms with E-state index in [0.29, 0.717) is 0 Å². The van der Waals surface area contributed by atoms with Gasteiger partial charge in [-0.25, -0.2) is 0 Å². The lowest BCUT2D eigenvalue weighted by Gasteiger charge is -2.07. The van der Waals surface area contributed by atoms with Crippen LogP contribution in [0.3, 0.4) is 0 Å². The number of hydrogen-bond donors (Lipinski definition) is 2. The highest BCUT2D eigenvalue weighted by molar-refractivity contribution is 5.94. The third kappa shape index (κ3) is 2.61. The molecule has 0 saturated carbocycles. The van der Waals surface area contributed by atoms with Gasteiger partial charge in [0.05, 0.1) is 18.1 Å². The molecular formula is C7H5F3N2O2. The van der Waals surface area contributed by atoms with Gasteiger partial charge >= 0.3 is 12.1 Å². The number of hydrogen-bond acceptors (Lipinski definition) is 3. The molecule has 7 heteroatoms. The predicted octanol–water partition coefficient (Wildman–Crippen LogP) is 1.29. The number of amides is 1. The summed E-state index contributed by atoms with van der Waals surface area (Å²) in [6, 6.07) is 0.955. The molecule has 76 valence electrons. The van der Waals surface area contributed by atoms with Gasteiger partial charge in [-0.15, -0.1) is 0 Å². The molecule has 2 N–H and O–H groups in total. The molecule has 14 heavy (non-hydrogen) atoms. The maximum Gasteiger partial charge on any atom is 0.471 e. The second kappa shape index (κ2) is 3.52. The number of anilines is 1. The van der Waals surface area contributed by atoms with Crippen molar-refractivity contribution in [3.05, 3.63) is 18.5 Å². The molecule has 1 heterocycles. The van der Waals surface area contributed by atoms with Crippen LogP contribution in [0.15, 0.2) is 18.5 Å². The Morgan fingerprint density at radius 2 is 2.07 bits per heavy atom. The molecule has 0 fully saturated rings. The van der Waals surface area contributed by atoms with Crippen molar-refractivity contribution in [1.82, 2.24) is 4.98 Å². The zero-order valence-corrected chi connectivity index (χ0v) is 6.67. The van der Waals surface area contributed by atoms with E-state index in [2.05, 4.69) is 4.98 Å². The van der Waals surface area contributed by atoms with Crippen LogP contribution in [0.2, 0.25) is 0 Å². The standard InChI is InChI=1S/C7H5F3N2O2/c8-7(9,10)6(14)12-4-1-5(13)3-11-2-4/h1-3,13H,(H,12,14). The normalized spacial score (nSPS) is 11.1. The molecule has 1 amide bonds. The molecule has 0 aliphatic heterocycles. The summed E-state index contributed by atoms with van der Waals surface area (Å²) in [5.74, 6) is -2.44. The van der Waals surface area contributed by atoms with Gasteiger partial charge in [0.15, 0.2) is 0 Å². The molecule has 0 unspecified atom stereocenters. The van der Waals surface area contributed by atoms with Gasteiger partial charge < -0.3 is 10.4 Å². The number of nitrogens with zero attached hydrogens (tertiary/aromatic N) is 1. The maximum absolute atomic E-state index is 11.7. The van der Waals surface area contributed by atoms with Crippen LogP contribution in [0.4, 0.5) is 18.9 Å². The van der Waals surface area contributed by atoms with Gasteiger partial charge in [-0.05, 0) is 0 Å². The van der Waals surface area contributed by atoms with Gasteiger partial charge in [0.25, 0.3) is 0 Å². The predicted molar refractivity (Wildman–Crippen MR) is 40.6 cm³/mol. The highest BCUT2D eigenvalue weighted by Crippen LogP contribution is 2.19. The summed E-state index contributed by atoms with van der Waals surface area (Å²) >= 11 is 0. The van der Waals surface area contributed by atoms with Crippen LogP contribution in [0.1, 0.15) is 0 Å². The molecule has 4 nitrogen and oxygen atoms in total. The first-order valence-electron chi connectivity index (χ1n) is 3.42. The summed E-state index contributed by atoms with van der Waals surface area (Å²) in [7, 11) is 0. The van der Waals surface area contributed by atoms with Crippen molar-refractivity contribution in [3.8, 4) is 5.75 Å². The largest absolute Gasteiger partial charge is 0.506 e. The Kier molecular flexibility index (Phi) is 2.59. The first-order valence-corrected chi connectivity index (χ1v) is 3.42. The van der Waals surface area contributed by atoms with E-state index in [4.69, 9.17) is 5.11 Å². The molecule has 0 aromatic carbocycles. The number of aromatic hydroxyl groups is 1. The molecule has 0 saturated heterocycles. The fourth-order valence-corrected chi connectivity index (χ4v) is 0.698. The van der Waals surface area contributed by atoms with Crippen molar-refractivity contribution in [2.24, 2.45) is 0 Å². The number of nitrogens with one attached hydrogen (secondary N) is 1. The minimum absolute atomic E-state index is 0.215. The smallest absolute Gasteiger partial charge is 0.471 e. The fourth-order valence-electron chi connectivity index (χ4n) is 0.698. The van der Waals surface area contributed by atoms with E-state index in [1.165, 1.54) is 5.32 Å². The van der Waals surface area contributed by atoms with Crippen molar-refractivity contribution >= 4 is 11.6 Å². The number of carbonyl (C=O) groups excluding carboxylic acids is 1. The Bertz CT molecular complexity index is 351. The topological polar surface area (TPSA) is 62.2 Å². The van der Waals surface area contributed by atoms with Crippen molar-refractivity contribution in [2.45, 2.75) is 6.18 Å². The fraction of sp³-hybridized carbons (Fsp3) is 0.143. The zero-order valence-electron chi connectivity index (χ0n) is 6.67. The van der Waals surface area contributed by atoms with Gasteiger partial charge in [0.2, 0.25) is 0 Å². The minimum atomic E-state index is -4.95. The minimum Gasteiger partial charge on any atom is -0.506 e. The first-order chi connectivity index (χ1) is 6.39. The molecule has 0 aliphatic carbocycles. The molecule has 0 radical (unpaired) electrons. The number of alkyl halides is 3. The molecule has 0 bridgehead atoms. The van der Waals surface area contributed by atoms with Crippen LogP contribution < -0.4 is 5.32 Å². The van der Waals surface area contributed by atoms with Crippen molar-refractivity contribution < 1.29 is 23.1 Å². The first kappa shape index (κ1) is 10.3. The van der Waals surface area contributed by atoms with E-state index >= 15 is 0 Å². The SMILES string of the molecule is O=C(Nc1cncc(O)c1)C(F)(F)F. The second-order valence-electron chi connectivity index (χ2n) is 2.38. The van der Waals surface area contributed by atoms with Crippen LogP contribution in [0, 0.1) is 0 Å². The maximum atomic E-state index is 11.7. The summed E-state index contributed by atoms with van der Waals surface area (Å²) in [6.07, 6.45) is -2.93. The Morgan fingerprint density at radius 3 is 2.57 bits per heavy atom. The third-order valence-electron chi connectivity index (χ3n) is 1.24. The summed E-state index contributed by atoms with van der Waals surface area (Å²) in [5.41, 5.74) is -0.215. The Labute approximate surface area is 76.4 Å². The van der Waals surface area contributed by atoms with Crippen molar-refractivity contribution in [2.75, 3.05) is 5.32 Å². The number of carbonyl (C=O) groups is 1. The molecule has 1 rings (SSSR count). The lowest BCUT2D eigenvalue weighted by Crippen LogP contribution is -2.29. The van der Waals surface area contributed by atoms with E-state index in [1.807, 2.05) is 0 Å². The monoisotopic (exact) mass is 206 g/mol. The van der Waals surface area contributed by atoms with E-state index in [1.54, 1.807) is 0 Å². The molecule has 1 aromatic heterocycles. The summed E-state index contributed by atoms with van der Waals surface area (Å²) in [6.45, 7) is 0. The molecule has 1 aromatic rings. The van der Waals surface area contributed by atoms with Crippen molar-refractivity contribution in [1.29, 1.82) is 0 Å². The highest BCUT2D eigenvalue weighted by atomic mass is 19.4. The van der Waals surface area contributed by atoms with Crippen molar-refractivity contribution in [3.63, 3.8) is 0 Å². The number of halogens is 3. The number of aromatic nitrogens is 1. The van der Waals surface area contributed by atoms with Crippen LogP contribution in [0.25, 0.3) is 0 Å².